The van der Waals surface area contributed by atoms with Crippen molar-refractivity contribution >= 4 is 11.9 Å². The molecule has 21 heavy (non-hydrogen) atoms. The van der Waals surface area contributed by atoms with E-state index >= 15 is 0 Å². The van der Waals surface area contributed by atoms with Crippen LogP contribution in [0.15, 0.2) is 24.3 Å². The summed E-state index contributed by atoms with van der Waals surface area (Å²) in [6, 6.07) is 7.77. The predicted octanol–water partition coefficient (Wildman–Crippen LogP) is 1.84. The molecule has 1 N–H and O–H groups in total. The summed E-state index contributed by atoms with van der Waals surface area (Å²) in [5.41, 5.74) is 0.134. The average molecular weight is 289 g/mol. The van der Waals surface area contributed by atoms with Gasteiger partial charge in [0.25, 0.3) is 0 Å². The minimum Gasteiger partial charge on any atom is -0.493 e. The molecule has 5 nitrogen and oxygen atoms in total. The number of ether oxygens (including phenoxy) is 1. The Morgan fingerprint density at radius 3 is 3.00 bits per heavy atom. The Hall–Kier alpha value is -2.04. The van der Waals surface area contributed by atoms with Gasteiger partial charge in [0.05, 0.1) is 6.61 Å². The van der Waals surface area contributed by atoms with Crippen molar-refractivity contribution in [3.05, 3.63) is 29.8 Å². The van der Waals surface area contributed by atoms with E-state index in [-0.39, 0.29) is 11.8 Å². The van der Waals surface area contributed by atoms with Crippen LogP contribution in [0.3, 0.4) is 0 Å². The molecule has 2 aliphatic rings. The lowest BCUT2D eigenvalue weighted by Gasteiger charge is -2.26. The molecule has 1 amide bonds. The van der Waals surface area contributed by atoms with Crippen LogP contribution in [0.4, 0.5) is 0 Å². The number of benzene rings is 1. The fourth-order valence-electron chi connectivity index (χ4n) is 3.45. The van der Waals surface area contributed by atoms with Gasteiger partial charge in [-0.2, -0.15) is 0 Å². The maximum absolute atomic E-state index is 11.9. The maximum atomic E-state index is 11.9. The number of carboxylic acid groups (broad SMARTS) is 1. The highest BCUT2D eigenvalue weighted by Gasteiger charge is 2.57. The van der Waals surface area contributed by atoms with Crippen molar-refractivity contribution in [2.75, 3.05) is 13.2 Å². The second-order valence-electron chi connectivity index (χ2n) is 6.04. The van der Waals surface area contributed by atoms with Gasteiger partial charge in [-0.05, 0) is 37.5 Å². The quantitative estimate of drug-likeness (QED) is 0.918. The first-order valence-corrected chi connectivity index (χ1v) is 7.24. The second-order valence-corrected chi connectivity index (χ2v) is 6.04. The zero-order chi connectivity index (χ0) is 15.0. The molecule has 2 unspecified atom stereocenters. The van der Waals surface area contributed by atoms with Crippen molar-refractivity contribution in [2.45, 2.75) is 31.7 Å². The van der Waals surface area contributed by atoms with Gasteiger partial charge in [-0.15, -0.1) is 0 Å². The third-order valence-electron chi connectivity index (χ3n) is 4.51. The first-order chi connectivity index (χ1) is 10.0. The van der Waals surface area contributed by atoms with Gasteiger partial charge in [-0.1, -0.05) is 12.1 Å². The van der Waals surface area contributed by atoms with Crippen molar-refractivity contribution in [3.8, 4) is 5.75 Å². The molecule has 2 fully saturated rings. The first kappa shape index (κ1) is 13.9. The van der Waals surface area contributed by atoms with Crippen LogP contribution in [0.1, 0.15) is 24.8 Å². The Balaban J connectivity index is 1.67. The molecule has 5 heteroatoms. The normalized spacial score (nSPS) is 27.8. The molecule has 2 aliphatic heterocycles. The van der Waals surface area contributed by atoms with E-state index in [1.165, 1.54) is 0 Å². The zero-order valence-electron chi connectivity index (χ0n) is 12.0. The predicted molar refractivity (Wildman–Crippen MR) is 76.1 cm³/mol. The van der Waals surface area contributed by atoms with E-state index in [1.54, 1.807) is 4.90 Å². The van der Waals surface area contributed by atoms with E-state index in [1.807, 2.05) is 31.2 Å². The largest absolute Gasteiger partial charge is 0.493 e. The van der Waals surface area contributed by atoms with Crippen molar-refractivity contribution in [1.29, 1.82) is 0 Å². The number of carbonyl (C=O) groups is 2. The number of hydrogen-bond acceptors (Lipinski definition) is 3. The number of fused-ring (bicyclic) bond motifs is 1. The number of aliphatic carboxylic acids is 1. The number of aryl methyl sites for hydroxylation is 1. The van der Waals surface area contributed by atoms with Gasteiger partial charge in [-0.3, -0.25) is 4.79 Å². The average Bonchev–Trinajstić information content (AvgIpc) is 2.96. The molecule has 3 rings (SSSR count). The van der Waals surface area contributed by atoms with Gasteiger partial charge in [0.1, 0.15) is 11.3 Å². The highest BCUT2D eigenvalue weighted by molar-refractivity contribution is 5.91. The standard InChI is InChI=1S/C16H19NO4/c1-11-3-2-4-13(7-11)21-10-12-8-16(15(19)20)6-5-14(18)17(16)9-12/h2-4,7,12H,5-6,8-10H2,1H3,(H,19,20). The fraction of sp³-hybridized carbons (Fsp3) is 0.500. The van der Waals surface area contributed by atoms with Gasteiger partial charge in [-0.25, -0.2) is 4.79 Å². The van der Waals surface area contributed by atoms with Crippen molar-refractivity contribution in [3.63, 3.8) is 0 Å². The summed E-state index contributed by atoms with van der Waals surface area (Å²) >= 11 is 0. The Morgan fingerprint density at radius 1 is 1.52 bits per heavy atom. The molecular formula is C16H19NO4. The van der Waals surface area contributed by atoms with Crippen molar-refractivity contribution < 1.29 is 19.4 Å². The third-order valence-corrected chi connectivity index (χ3v) is 4.51. The summed E-state index contributed by atoms with van der Waals surface area (Å²) in [5.74, 6) is -0.0644. The van der Waals surface area contributed by atoms with Gasteiger partial charge >= 0.3 is 5.97 Å². The van der Waals surface area contributed by atoms with Gasteiger partial charge < -0.3 is 14.7 Å². The van der Waals surface area contributed by atoms with Gasteiger partial charge in [0.2, 0.25) is 5.91 Å². The minimum atomic E-state index is -0.988. The highest BCUT2D eigenvalue weighted by atomic mass is 16.5. The molecule has 2 saturated heterocycles. The fourth-order valence-corrected chi connectivity index (χ4v) is 3.45. The van der Waals surface area contributed by atoms with Crippen LogP contribution in [0, 0.1) is 12.8 Å². The lowest BCUT2D eigenvalue weighted by Crippen LogP contribution is -2.47. The number of carboxylic acids is 1. The Morgan fingerprint density at radius 2 is 2.33 bits per heavy atom. The molecule has 0 aliphatic carbocycles. The van der Waals surface area contributed by atoms with Crippen LogP contribution in [-0.4, -0.2) is 40.6 Å². The molecule has 1 aromatic rings. The molecule has 0 saturated carbocycles. The van der Waals surface area contributed by atoms with Crippen LogP contribution in [0.5, 0.6) is 5.75 Å². The molecule has 0 spiro atoms. The Bertz CT molecular complexity index is 585. The Kier molecular flexibility index (Phi) is 3.35. The van der Waals surface area contributed by atoms with E-state index in [9.17, 15) is 14.7 Å². The number of nitrogens with zero attached hydrogens (tertiary/aromatic N) is 1. The SMILES string of the molecule is Cc1cccc(OCC2CN3C(=O)CCC3(C(=O)O)C2)c1. The number of amides is 1. The first-order valence-electron chi connectivity index (χ1n) is 7.24. The highest BCUT2D eigenvalue weighted by Crippen LogP contribution is 2.42. The minimum absolute atomic E-state index is 0.0459. The lowest BCUT2D eigenvalue weighted by atomic mass is 9.90. The molecule has 0 radical (unpaired) electrons. The third kappa shape index (κ3) is 2.37. The van der Waals surface area contributed by atoms with Crippen LogP contribution in [0.25, 0.3) is 0 Å². The maximum Gasteiger partial charge on any atom is 0.329 e. The topological polar surface area (TPSA) is 66.8 Å². The smallest absolute Gasteiger partial charge is 0.329 e. The number of carbonyl (C=O) groups excluding carboxylic acids is 1. The lowest BCUT2D eigenvalue weighted by molar-refractivity contribution is -0.151. The van der Waals surface area contributed by atoms with Crippen molar-refractivity contribution in [2.24, 2.45) is 5.92 Å². The zero-order valence-corrected chi connectivity index (χ0v) is 12.0. The van der Waals surface area contributed by atoms with Crippen LogP contribution in [0.2, 0.25) is 0 Å². The molecule has 0 bridgehead atoms. The van der Waals surface area contributed by atoms with Crippen LogP contribution >= 0.6 is 0 Å². The monoisotopic (exact) mass is 289 g/mol. The van der Waals surface area contributed by atoms with E-state index in [0.29, 0.717) is 32.4 Å². The summed E-state index contributed by atoms with van der Waals surface area (Å²) in [7, 11) is 0. The summed E-state index contributed by atoms with van der Waals surface area (Å²) in [4.78, 5) is 25.0. The van der Waals surface area contributed by atoms with Crippen molar-refractivity contribution in [1.82, 2.24) is 4.90 Å². The molecule has 1 aromatic carbocycles. The van der Waals surface area contributed by atoms with E-state index in [2.05, 4.69) is 0 Å². The summed E-state index contributed by atoms with van der Waals surface area (Å²) in [6.45, 7) is 2.93. The molecule has 0 aromatic heterocycles. The van der Waals surface area contributed by atoms with Crippen LogP contribution in [-0.2, 0) is 9.59 Å². The van der Waals surface area contributed by atoms with Crippen LogP contribution < -0.4 is 4.74 Å². The molecular weight excluding hydrogens is 270 g/mol. The molecule has 2 heterocycles. The Labute approximate surface area is 123 Å². The van der Waals surface area contributed by atoms with Gasteiger partial charge in [0.15, 0.2) is 0 Å². The second kappa shape index (κ2) is 5.06. The number of rotatable bonds is 4. The van der Waals surface area contributed by atoms with E-state index in [0.717, 1.165) is 11.3 Å². The van der Waals surface area contributed by atoms with E-state index < -0.39 is 11.5 Å². The molecule has 112 valence electrons. The summed E-state index contributed by atoms with van der Waals surface area (Å²) < 4.78 is 5.77. The summed E-state index contributed by atoms with van der Waals surface area (Å²) in [5, 5.41) is 9.50. The molecule has 2 atom stereocenters. The van der Waals surface area contributed by atoms with E-state index in [4.69, 9.17) is 4.74 Å². The summed E-state index contributed by atoms with van der Waals surface area (Å²) in [6.07, 6.45) is 1.25. The number of hydrogen-bond donors (Lipinski definition) is 1. The van der Waals surface area contributed by atoms with Gasteiger partial charge in [0, 0.05) is 18.9 Å².